The molecule has 1 aliphatic rings. The van der Waals surface area contributed by atoms with Gasteiger partial charge in [-0.05, 0) is 30.3 Å². The van der Waals surface area contributed by atoms with Crippen LogP contribution < -0.4 is 5.32 Å². The van der Waals surface area contributed by atoms with E-state index in [2.05, 4.69) is 10.4 Å². The molecule has 0 spiro atoms. The average molecular weight is 494 g/mol. The lowest BCUT2D eigenvalue weighted by Crippen LogP contribution is -2.38. The van der Waals surface area contributed by atoms with Crippen molar-refractivity contribution in [2.45, 2.75) is 11.1 Å². The minimum absolute atomic E-state index is 0.121. The van der Waals surface area contributed by atoms with Gasteiger partial charge < -0.3 is 5.32 Å². The van der Waals surface area contributed by atoms with Gasteiger partial charge in [0.25, 0.3) is 10.0 Å². The predicted molar refractivity (Wildman–Crippen MR) is 117 cm³/mol. The summed E-state index contributed by atoms with van der Waals surface area (Å²) < 4.78 is 66.5. The molecule has 11 heteroatoms. The fraction of sp³-hybridized carbons (Fsp3) is 0.0909. The van der Waals surface area contributed by atoms with Crippen LogP contribution in [0.1, 0.15) is 16.7 Å². The second-order valence-electron chi connectivity index (χ2n) is 7.03. The Kier molecular flexibility index (Phi) is 5.89. The van der Waals surface area contributed by atoms with Crippen LogP contribution in [0.5, 0.6) is 0 Å². The van der Waals surface area contributed by atoms with Gasteiger partial charge >= 0.3 is 6.18 Å². The van der Waals surface area contributed by atoms with Crippen molar-refractivity contribution < 1.29 is 26.4 Å². The lowest BCUT2D eigenvalue weighted by Gasteiger charge is -2.27. The van der Waals surface area contributed by atoms with Crippen LogP contribution in [0.2, 0.25) is 5.02 Å². The zero-order valence-corrected chi connectivity index (χ0v) is 18.2. The molecule has 1 N–H and O–H groups in total. The molecule has 4 rings (SSSR count). The number of carbonyl (C=O) groups is 1. The molecule has 0 saturated carbocycles. The molecular weight excluding hydrogens is 479 g/mol. The van der Waals surface area contributed by atoms with Gasteiger partial charge in [0.1, 0.15) is 12.3 Å². The minimum atomic E-state index is -4.70. The molecule has 0 fully saturated rings. The molecule has 33 heavy (non-hydrogen) atoms. The quantitative estimate of drug-likeness (QED) is 0.569. The van der Waals surface area contributed by atoms with E-state index in [1.54, 1.807) is 30.3 Å². The Labute approximate surface area is 192 Å². The number of nitrogens with zero attached hydrogens (tertiary/aromatic N) is 2. The highest BCUT2D eigenvalue weighted by Crippen LogP contribution is 2.35. The summed E-state index contributed by atoms with van der Waals surface area (Å²) in [6.07, 6.45) is -4.70. The lowest BCUT2D eigenvalue weighted by atomic mass is 10.0. The molecule has 0 aromatic heterocycles. The standard InChI is InChI=1S/C22H15ClF3N3O3S/c23-15-10-11-19-16(12-15)21(14-6-2-1-3-7-14)28-29(33(19,31)32)13-20(30)27-18-9-5-4-8-17(18)22(24,25)26/h1-12H,13H2,(H,27,30). The Bertz CT molecular complexity index is 1360. The number of fused-ring (bicyclic) bond motifs is 1. The number of sulfonamides is 1. The second kappa shape index (κ2) is 8.53. The van der Waals surface area contributed by atoms with E-state index < -0.39 is 39.9 Å². The molecule has 0 radical (unpaired) electrons. The van der Waals surface area contributed by atoms with E-state index in [1.165, 1.54) is 30.3 Å². The summed E-state index contributed by atoms with van der Waals surface area (Å²) in [6.45, 7) is -0.826. The summed E-state index contributed by atoms with van der Waals surface area (Å²) >= 11 is 6.07. The highest BCUT2D eigenvalue weighted by atomic mass is 35.5. The Morgan fingerprint density at radius 2 is 1.67 bits per heavy atom. The van der Waals surface area contributed by atoms with E-state index >= 15 is 0 Å². The second-order valence-corrected chi connectivity index (χ2v) is 9.28. The Hall–Kier alpha value is -3.37. The van der Waals surface area contributed by atoms with Gasteiger partial charge in [0, 0.05) is 16.1 Å². The van der Waals surface area contributed by atoms with Gasteiger partial charge in [-0.25, -0.2) is 0 Å². The molecule has 3 aromatic rings. The summed E-state index contributed by atoms with van der Waals surface area (Å²) in [4.78, 5) is 12.5. The maximum Gasteiger partial charge on any atom is 0.418 e. The zero-order valence-electron chi connectivity index (χ0n) is 16.7. The van der Waals surface area contributed by atoms with Gasteiger partial charge in [-0.15, -0.1) is 0 Å². The molecule has 0 unspecified atom stereocenters. The number of alkyl halides is 3. The SMILES string of the molecule is O=C(CN1N=C(c2ccccc2)c2cc(Cl)ccc2S1(=O)=O)Nc1ccccc1C(F)(F)F. The van der Waals surface area contributed by atoms with E-state index in [0.29, 0.717) is 15.0 Å². The molecule has 1 aliphatic heterocycles. The van der Waals surface area contributed by atoms with Crippen LogP contribution in [-0.4, -0.2) is 31.0 Å². The first-order valence-corrected chi connectivity index (χ1v) is 11.3. The number of rotatable bonds is 4. The predicted octanol–water partition coefficient (Wildman–Crippen LogP) is 4.75. The van der Waals surface area contributed by atoms with Crippen LogP contribution in [-0.2, 0) is 21.0 Å². The molecular formula is C22H15ClF3N3O3S. The summed E-state index contributed by atoms with van der Waals surface area (Å²) in [5.74, 6) is -0.983. The molecule has 3 aromatic carbocycles. The van der Waals surface area contributed by atoms with Crippen LogP contribution in [0.3, 0.4) is 0 Å². The van der Waals surface area contributed by atoms with Crippen molar-refractivity contribution >= 4 is 38.9 Å². The summed E-state index contributed by atoms with van der Waals surface area (Å²) in [5, 5.41) is 6.59. The molecule has 0 bridgehead atoms. The van der Waals surface area contributed by atoms with Gasteiger partial charge in [-0.3, -0.25) is 4.79 Å². The first-order valence-electron chi connectivity index (χ1n) is 9.50. The smallest absolute Gasteiger partial charge is 0.324 e. The van der Waals surface area contributed by atoms with Crippen LogP contribution in [0.15, 0.2) is 82.8 Å². The van der Waals surface area contributed by atoms with Crippen molar-refractivity contribution in [3.63, 3.8) is 0 Å². The number of amides is 1. The fourth-order valence-corrected chi connectivity index (χ4v) is 4.88. The summed E-state index contributed by atoms with van der Waals surface area (Å²) in [7, 11) is -4.26. The van der Waals surface area contributed by atoms with Crippen molar-refractivity contribution in [2.75, 3.05) is 11.9 Å². The highest BCUT2D eigenvalue weighted by molar-refractivity contribution is 7.89. The lowest BCUT2D eigenvalue weighted by molar-refractivity contribution is -0.137. The number of anilines is 1. The van der Waals surface area contributed by atoms with Gasteiger partial charge in [0.2, 0.25) is 5.91 Å². The number of carbonyl (C=O) groups excluding carboxylic acids is 1. The van der Waals surface area contributed by atoms with Crippen molar-refractivity contribution in [3.05, 3.63) is 94.5 Å². The van der Waals surface area contributed by atoms with E-state index in [4.69, 9.17) is 11.6 Å². The number of para-hydroxylation sites is 1. The van der Waals surface area contributed by atoms with Crippen molar-refractivity contribution in [1.82, 2.24) is 4.41 Å². The van der Waals surface area contributed by atoms with Gasteiger partial charge in [0.05, 0.1) is 16.1 Å². The largest absolute Gasteiger partial charge is 0.418 e. The van der Waals surface area contributed by atoms with Gasteiger partial charge in [-0.1, -0.05) is 54.1 Å². The topological polar surface area (TPSA) is 78.8 Å². The summed E-state index contributed by atoms with van der Waals surface area (Å²) in [6, 6.07) is 17.2. The summed E-state index contributed by atoms with van der Waals surface area (Å²) in [5.41, 5.74) is -0.444. The molecule has 1 amide bonds. The van der Waals surface area contributed by atoms with Crippen molar-refractivity contribution in [1.29, 1.82) is 0 Å². The van der Waals surface area contributed by atoms with Gasteiger partial charge in [0.15, 0.2) is 0 Å². The maximum atomic E-state index is 13.2. The molecule has 0 aliphatic carbocycles. The zero-order chi connectivity index (χ0) is 23.8. The third-order valence-corrected chi connectivity index (χ3v) is 6.71. The average Bonchev–Trinajstić information content (AvgIpc) is 2.76. The van der Waals surface area contributed by atoms with Crippen LogP contribution >= 0.6 is 11.6 Å². The first kappa shape index (κ1) is 22.8. The van der Waals surface area contributed by atoms with Crippen molar-refractivity contribution in [2.24, 2.45) is 5.10 Å². The number of nitrogens with one attached hydrogen (secondary N) is 1. The monoisotopic (exact) mass is 493 g/mol. The molecule has 0 saturated heterocycles. The first-order chi connectivity index (χ1) is 15.6. The Morgan fingerprint density at radius 1 is 1.00 bits per heavy atom. The fourth-order valence-electron chi connectivity index (χ4n) is 3.33. The number of hydrogen-bond acceptors (Lipinski definition) is 4. The molecule has 1 heterocycles. The Balaban J connectivity index is 1.71. The molecule has 170 valence electrons. The number of benzene rings is 3. The molecule has 6 nitrogen and oxygen atoms in total. The van der Waals surface area contributed by atoms with Crippen molar-refractivity contribution in [3.8, 4) is 0 Å². The van der Waals surface area contributed by atoms with Crippen LogP contribution in [0, 0.1) is 0 Å². The van der Waals surface area contributed by atoms with Gasteiger partial charge in [-0.2, -0.15) is 31.1 Å². The third-order valence-electron chi connectivity index (χ3n) is 4.80. The van der Waals surface area contributed by atoms with E-state index in [-0.39, 0.29) is 16.2 Å². The van der Waals surface area contributed by atoms with Crippen LogP contribution in [0.25, 0.3) is 0 Å². The van der Waals surface area contributed by atoms with E-state index in [1.807, 2.05) is 0 Å². The number of hydrazone groups is 1. The normalized spacial score (nSPS) is 14.9. The Morgan fingerprint density at radius 3 is 2.36 bits per heavy atom. The number of hydrogen-bond donors (Lipinski definition) is 1. The number of halogens is 4. The third kappa shape index (κ3) is 4.57. The highest BCUT2D eigenvalue weighted by Gasteiger charge is 2.36. The van der Waals surface area contributed by atoms with E-state index in [9.17, 15) is 26.4 Å². The van der Waals surface area contributed by atoms with E-state index in [0.717, 1.165) is 12.1 Å². The maximum absolute atomic E-state index is 13.2. The van der Waals surface area contributed by atoms with Crippen LogP contribution in [0.4, 0.5) is 18.9 Å². The minimum Gasteiger partial charge on any atom is -0.324 e. The molecule has 0 atom stereocenters.